The Bertz CT molecular complexity index is 521. The van der Waals surface area contributed by atoms with Gasteiger partial charge in [0.2, 0.25) is 5.71 Å². The van der Waals surface area contributed by atoms with E-state index in [0.717, 1.165) is 0 Å². The van der Waals surface area contributed by atoms with Gasteiger partial charge in [-0.2, -0.15) is 4.98 Å². The second-order valence-electron chi connectivity index (χ2n) is 2.54. The van der Waals surface area contributed by atoms with Crippen LogP contribution in [-0.2, 0) is 0 Å². The fourth-order valence-corrected chi connectivity index (χ4v) is 1.19. The third-order valence-electron chi connectivity index (χ3n) is 1.55. The first-order valence-electron chi connectivity index (χ1n) is 3.60. The molecule has 0 aliphatic rings. The minimum atomic E-state index is -0.367. The van der Waals surface area contributed by atoms with E-state index in [1.54, 1.807) is 6.92 Å². The molecular weight excluding hydrogens is 192 g/mol. The van der Waals surface area contributed by atoms with Gasteiger partial charge in [0.1, 0.15) is 5.39 Å². The van der Waals surface area contributed by atoms with Crippen molar-refractivity contribution in [2.24, 2.45) is 0 Å². The van der Waals surface area contributed by atoms with Crippen molar-refractivity contribution in [1.82, 2.24) is 9.97 Å². The Morgan fingerprint density at radius 2 is 2.31 bits per heavy atom. The van der Waals surface area contributed by atoms with Crippen molar-refractivity contribution >= 4 is 22.7 Å². The first-order valence-corrected chi connectivity index (χ1v) is 3.97. The van der Waals surface area contributed by atoms with Gasteiger partial charge in [-0.25, -0.2) is 4.98 Å². The summed E-state index contributed by atoms with van der Waals surface area (Å²) in [5.41, 5.74) is -0.101. The number of pyridine rings is 1. The second-order valence-corrected chi connectivity index (χ2v) is 2.98. The molecule has 0 saturated carbocycles. The molecule has 66 valence electrons. The first-order chi connectivity index (χ1) is 6.16. The number of rotatable bonds is 0. The molecule has 2 aromatic heterocycles. The van der Waals surface area contributed by atoms with Crippen molar-refractivity contribution < 1.29 is 4.42 Å². The summed E-state index contributed by atoms with van der Waals surface area (Å²) >= 11 is 5.66. The topological polar surface area (TPSA) is 56.0 Å². The van der Waals surface area contributed by atoms with Gasteiger partial charge >= 0.3 is 0 Å². The van der Waals surface area contributed by atoms with Crippen molar-refractivity contribution in [1.29, 1.82) is 0 Å². The number of hydrogen-bond donors (Lipinski definition) is 0. The molecule has 0 aliphatic carbocycles. The fraction of sp³-hybridized carbons (Fsp3) is 0.125. The summed E-state index contributed by atoms with van der Waals surface area (Å²) < 4.78 is 5.12. The van der Waals surface area contributed by atoms with E-state index < -0.39 is 0 Å². The summed E-state index contributed by atoms with van der Waals surface area (Å²) in [5, 5.41) is 0.698. The van der Waals surface area contributed by atoms with Crippen molar-refractivity contribution in [2.45, 2.75) is 6.92 Å². The summed E-state index contributed by atoms with van der Waals surface area (Å²) in [4.78, 5) is 18.8. The van der Waals surface area contributed by atoms with Crippen molar-refractivity contribution in [2.75, 3.05) is 0 Å². The molecule has 13 heavy (non-hydrogen) atoms. The van der Waals surface area contributed by atoms with E-state index >= 15 is 0 Å². The molecule has 0 aliphatic heterocycles. The molecule has 2 rings (SSSR count). The SMILES string of the molecule is Cc1nc(=O)c2cc(Cl)cnc2o1. The van der Waals surface area contributed by atoms with Gasteiger partial charge in [0.25, 0.3) is 5.56 Å². The van der Waals surface area contributed by atoms with Crippen molar-refractivity contribution in [3.63, 3.8) is 0 Å². The average Bonchev–Trinajstić information content (AvgIpc) is 2.06. The molecule has 5 heteroatoms. The average molecular weight is 197 g/mol. The third kappa shape index (κ3) is 1.40. The highest BCUT2D eigenvalue weighted by Crippen LogP contribution is 2.12. The Hall–Kier alpha value is -1.42. The minimum Gasteiger partial charge on any atom is -0.424 e. The van der Waals surface area contributed by atoms with Crippen LogP contribution in [0.1, 0.15) is 5.89 Å². The zero-order valence-corrected chi connectivity index (χ0v) is 7.50. The monoisotopic (exact) mass is 196 g/mol. The van der Waals surface area contributed by atoms with Gasteiger partial charge in [-0.15, -0.1) is 0 Å². The highest BCUT2D eigenvalue weighted by atomic mass is 35.5. The lowest BCUT2D eigenvalue weighted by atomic mass is 10.3. The Balaban J connectivity index is 2.95. The van der Waals surface area contributed by atoms with Gasteiger partial charge in [0, 0.05) is 13.1 Å². The minimum absolute atomic E-state index is 0.266. The van der Waals surface area contributed by atoms with Crippen molar-refractivity contribution in [3.05, 3.63) is 33.5 Å². The highest BCUT2D eigenvalue weighted by Gasteiger charge is 2.04. The molecule has 0 radical (unpaired) electrons. The maximum Gasteiger partial charge on any atom is 0.285 e. The number of fused-ring (bicyclic) bond motifs is 1. The van der Waals surface area contributed by atoms with E-state index in [-0.39, 0.29) is 11.3 Å². The third-order valence-corrected chi connectivity index (χ3v) is 1.76. The summed E-state index contributed by atoms with van der Waals surface area (Å²) in [6.45, 7) is 1.59. The fourth-order valence-electron chi connectivity index (χ4n) is 1.03. The quantitative estimate of drug-likeness (QED) is 0.642. The van der Waals surface area contributed by atoms with Crippen LogP contribution in [0.5, 0.6) is 0 Å². The molecule has 0 saturated heterocycles. The van der Waals surface area contributed by atoms with Crippen molar-refractivity contribution in [3.8, 4) is 0 Å². The normalized spacial score (nSPS) is 10.6. The summed E-state index contributed by atoms with van der Waals surface area (Å²) in [6, 6.07) is 1.49. The van der Waals surface area contributed by atoms with Crippen LogP contribution in [0.25, 0.3) is 11.1 Å². The van der Waals surface area contributed by atoms with Gasteiger partial charge in [-0.1, -0.05) is 11.6 Å². The smallest absolute Gasteiger partial charge is 0.285 e. The van der Waals surface area contributed by atoms with Crippen LogP contribution >= 0.6 is 11.6 Å². The molecule has 2 heterocycles. The summed E-state index contributed by atoms with van der Waals surface area (Å²) in [6.07, 6.45) is 1.42. The van der Waals surface area contributed by atoms with Crippen LogP contribution in [-0.4, -0.2) is 9.97 Å². The van der Waals surface area contributed by atoms with Gasteiger partial charge in [0.15, 0.2) is 5.89 Å². The molecule has 0 unspecified atom stereocenters. The molecule has 0 spiro atoms. The largest absolute Gasteiger partial charge is 0.424 e. The van der Waals surface area contributed by atoms with E-state index in [1.807, 2.05) is 0 Å². The number of nitrogens with zero attached hydrogens (tertiary/aromatic N) is 2. The predicted octanol–water partition coefficient (Wildman–Crippen LogP) is 1.54. The van der Waals surface area contributed by atoms with E-state index in [1.165, 1.54) is 12.3 Å². The Morgan fingerprint density at radius 1 is 1.54 bits per heavy atom. The highest BCUT2D eigenvalue weighted by molar-refractivity contribution is 6.31. The lowest BCUT2D eigenvalue weighted by molar-refractivity contribution is 0.524. The summed E-state index contributed by atoms with van der Waals surface area (Å²) in [7, 11) is 0. The van der Waals surface area contributed by atoms with Gasteiger partial charge < -0.3 is 4.42 Å². The zero-order valence-electron chi connectivity index (χ0n) is 6.74. The summed E-state index contributed by atoms with van der Waals surface area (Å²) in [5.74, 6) is 0.298. The van der Waals surface area contributed by atoms with E-state index in [2.05, 4.69) is 9.97 Å². The second kappa shape index (κ2) is 2.81. The predicted molar refractivity (Wildman–Crippen MR) is 47.8 cm³/mol. The molecule has 0 atom stereocenters. The number of hydrogen-bond acceptors (Lipinski definition) is 4. The van der Waals surface area contributed by atoms with Gasteiger partial charge in [0.05, 0.1) is 5.02 Å². The van der Waals surface area contributed by atoms with Crippen LogP contribution in [0.4, 0.5) is 0 Å². The Morgan fingerprint density at radius 3 is 3.08 bits per heavy atom. The molecule has 4 nitrogen and oxygen atoms in total. The standard InChI is InChI=1S/C8H5ClN2O2/c1-4-11-7(12)6-2-5(9)3-10-8(6)13-4/h2-3H,1H3. The lowest BCUT2D eigenvalue weighted by Crippen LogP contribution is -2.07. The van der Waals surface area contributed by atoms with Gasteiger partial charge in [-0.3, -0.25) is 4.79 Å². The first kappa shape index (κ1) is 8.19. The number of aryl methyl sites for hydroxylation is 1. The van der Waals surface area contributed by atoms with Crippen LogP contribution in [0, 0.1) is 6.92 Å². The molecular formula is C8H5ClN2O2. The van der Waals surface area contributed by atoms with E-state index in [4.69, 9.17) is 16.0 Å². The van der Waals surface area contributed by atoms with E-state index in [0.29, 0.717) is 16.3 Å². The van der Waals surface area contributed by atoms with Crippen LogP contribution in [0.2, 0.25) is 5.02 Å². The van der Waals surface area contributed by atoms with Crippen LogP contribution in [0.15, 0.2) is 21.5 Å². The Kier molecular flexibility index (Phi) is 1.77. The Labute approximate surface area is 78.2 Å². The maximum absolute atomic E-state index is 11.3. The molecule has 0 amide bonds. The van der Waals surface area contributed by atoms with Crippen LogP contribution in [0.3, 0.4) is 0 Å². The van der Waals surface area contributed by atoms with E-state index in [9.17, 15) is 4.79 Å². The lowest BCUT2D eigenvalue weighted by Gasteiger charge is -1.95. The zero-order chi connectivity index (χ0) is 9.42. The number of halogens is 1. The molecule has 0 N–H and O–H groups in total. The maximum atomic E-state index is 11.3. The number of aromatic nitrogens is 2. The molecule has 2 aromatic rings. The van der Waals surface area contributed by atoms with Gasteiger partial charge in [-0.05, 0) is 6.07 Å². The molecule has 0 bridgehead atoms. The van der Waals surface area contributed by atoms with Crippen LogP contribution < -0.4 is 5.56 Å². The molecule has 0 fully saturated rings. The molecule has 0 aromatic carbocycles.